The van der Waals surface area contributed by atoms with Crippen molar-refractivity contribution in [3.05, 3.63) is 51.3 Å². The Morgan fingerprint density at radius 2 is 1.85 bits per heavy atom. The molecule has 3 rings (SSSR count). The molecule has 0 radical (unpaired) electrons. The van der Waals surface area contributed by atoms with E-state index in [1.807, 2.05) is 4.90 Å². The molecule has 2 heterocycles. The van der Waals surface area contributed by atoms with Crippen molar-refractivity contribution in [3.8, 4) is 0 Å². The number of halogens is 1. The average Bonchev–Trinajstić information content (AvgIpc) is 2.67. The lowest BCUT2D eigenvalue weighted by Gasteiger charge is -2.27. The Morgan fingerprint density at radius 1 is 1.15 bits per heavy atom. The topological polar surface area (TPSA) is 113 Å². The van der Waals surface area contributed by atoms with Gasteiger partial charge >= 0.3 is 5.69 Å². The smallest absolute Gasteiger partial charge is 0.351 e. The first-order valence-corrected chi connectivity index (χ1v) is 8.50. The van der Waals surface area contributed by atoms with Crippen LogP contribution >= 0.6 is 11.6 Å². The van der Waals surface area contributed by atoms with Crippen molar-refractivity contribution >= 4 is 34.8 Å². The van der Waals surface area contributed by atoms with E-state index in [4.69, 9.17) is 11.6 Å². The first-order valence-electron chi connectivity index (χ1n) is 8.12. The predicted molar refractivity (Wildman–Crippen MR) is 97.3 cm³/mol. The number of piperidine rings is 1. The van der Waals surface area contributed by atoms with E-state index in [0.717, 1.165) is 19.3 Å². The average molecular weight is 377 g/mol. The highest BCUT2D eigenvalue weighted by Crippen LogP contribution is 2.32. The number of benzene rings is 1. The Kier molecular flexibility index (Phi) is 5.47. The molecule has 26 heavy (non-hydrogen) atoms. The van der Waals surface area contributed by atoms with Gasteiger partial charge in [0.2, 0.25) is 11.6 Å². The highest BCUT2D eigenvalue weighted by molar-refractivity contribution is 6.30. The normalized spacial score (nSPS) is 14.0. The molecule has 0 bridgehead atoms. The Bertz CT molecular complexity index is 808. The van der Waals surface area contributed by atoms with Gasteiger partial charge in [0.15, 0.2) is 0 Å². The first-order chi connectivity index (χ1) is 12.6. The second-order valence-corrected chi connectivity index (χ2v) is 6.22. The molecule has 0 unspecified atom stereocenters. The molecule has 1 aromatic carbocycles. The van der Waals surface area contributed by atoms with Crippen LogP contribution in [0.15, 0.2) is 30.6 Å². The number of carbonyl (C=O) groups is 1. The third-order valence-corrected chi connectivity index (χ3v) is 4.29. The Hall–Kier alpha value is -2.94. The van der Waals surface area contributed by atoms with Crippen LogP contribution < -0.4 is 15.8 Å². The molecule has 9 nitrogen and oxygen atoms in total. The highest BCUT2D eigenvalue weighted by atomic mass is 35.5. The van der Waals surface area contributed by atoms with E-state index in [2.05, 4.69) is 20.8 Å². The van der Waals surface area contributed by atoms with E-state index in [1.165, 1.54) is 6.33 Å². The molecule has 2 N–H and O–H groups in total. The van der Waals surface area contributed by atoms with E-state index in [1.54, 1.807) is 24.3 Å². The second-order valence-electron chi connectivity index (χ2n) is 5.79. The number of aromatic nitrogens is 2. The Morgan fingerprint density at radius 3 is 2.50 bits per heavy atom. The zero-order valence-electron chi connectivity index (χ0n) is 13.8. The summed E-state index contributed by atoms with van der Waals surface area (Å²) in [4.78, 5) is 33.0. The van der Waals surface area contributed by atoms with Crippen molar-refractivity contribution in [1.29, 1.82) is 0 Å². The number of nitrogens with zero attached hydrogens (tertiary/aromatic N) is 4. The number of nitrogens with one attached hydrogen (secondary N) is 2. The summed E-state index contributed by atoms with van der Waals surface area (Å²) in [5.74, 6) is -0.269. The molecule has 0 atom stereocenters. The van der Waals surface area contributed by atoms with E-state index in [9.17, 15) is 14.9 Å². The maximum atomic E-state index is 12.2. The molecule has 1 fully saturated rings. The number of amides is 1. The summed E-state index contributed by atoms with van der Waals surface area (Å²) in [6, 6.07) is 6.26. The van der Waals surface area contributed by atoms with Gasteiger partial charge in [-0.25, -0.2) is 9.97 Å². The molecule has 10 heteroatoms. The first kappa shape index (κ1) is 17.9. The number of hydrogen-bond acceptors (Lipinski definition) is 7. The van der Waals surface area contributed by atoms with E-state index in [0.29, 0.717) is 23.7 Å². The van der Waals surface area contributed by atoms with Gasteiger partial charge in [0, 0.05) is 23.7 Å². The second kappa shape index (κ2) is 7.96. The van der Waals surface area contributed by atoms with Gasteiger partial charge in [0.25, 0.3) is 5.91 Å². The van der Waals surface area contributed by atoms with Crippen molar-refractivity contribution in [2.45, 2.75) is 19.3 Å². The van der Waals surface area contributed by atoms with E-state index < -0.39 is 10.8 Å². The van der Waals surface area contributed by atoms with Crippen molar-refractivity contribution in [3.63, 3.8) is 0 Å². The van der Waals surface area contributed by atoms with Crippen LogP contribution in [0, 0.1) is 10.1 Å². The fraction of sp³-hybridized carbons (Fsp3) is 0.312. The van der Waals surface area contributed by atoms with Gasteiger partial charge in [0.1, 0.15) is 6.33 Å². The molecule has 1 aliphatic rings. The lowest BCUT2D eigenvalue weighted by Crippen LogP contribution is -2.33. The summed E-state index contributed by atoms with van der Waals surface area (Å²) in [6.45, 7) is 1.41. The molecule has 0 aliphatic carbocycles. The molecular formula is C16H17ClN6O3. The van der Waals surface area contributed by atoms with Gasteiger partial charge in [-0.2, -0.15) is 0 Å². The zero-order chi connectivity index (χ0) is 18.5. The lowest BCUT2D eigenvalue weighted by molar-refractivity contribution is -0.383. The number of anilines is 2. The van der Waals surface area contributed by atoms with Crippen LogP contribution in [0.1, 0.15) is 29.6 Å². The molecular weight excluding hydrogens is 360 g/mol. The maximum Gasteiger partial charge on any atom is 0.355 e. The van der Waals surface area contributed by atoms with Gasteiger partial charge in [0.05, 0.1) is 4.92 Å². The monoisotopic (exact) mass is 376 g/mol. The lowest BCUT2D eigenvalue weighted by atomic mass is 10.1. The summed E-state index contributed by atoms with van der Waals surface area (Å²) in [5, 5.41) is 12.1. The molecule has 0 spiro atoms. The molecule has 2 aromatic rings. The molecule has 1 amide bonds. The van der Waals surface area contributed by atoms with Crippen molar-refractivity contribution < 1.29 is 9.72 Å². The van der Waals surface area contributed by atoms with Gasteiger partial charge < -0.3 is 4.90 Å². The minimum atomic E-state index is -0.541. The maximum absolute atomic E-state index is 12.2. The molecule has 1 aliphatic heterocycles. The number of rotatable bonds is 5. The highest BCUT2D eigenvalue weighted by Gasteiger charge is 2.28. The number of carbonyl (C=O) groups excluding carboxylic acids is 1. The van der Waals surface area contributed by atoms with E-state index >= 15 is 0 Å². The van der Waals surface area contributed by atoms with Gasteiger partial charge in [-0.05, 0) is 43.5 Å². The third-order valence-electron chi connectivity index (χ3n) is 4.04. The van der Waals surface area contributed by atoms with Gasteiger partial charge in [-0.15, -0.1) is 0 Å². The summed E-state index contributed by atoms with van der Waals surface area (Å²) < 4.78 is 0. The fourth-order valence-electron chi connectivity index (χ4n) is 2.76. The van der Waals surface area contributed by atoms with Crippen LogP contribution in [0.3, 0.4) is 0 Å². The summed E-state index contributed by atoms with van der Waals surface area (Å²) in [5.41, 5.74) is 5.05. The molecule has 0 saturated carbocycles. The Labute approximate surface area is 154 Å². The number of hydrogen-bond donors (Lipinski definition) is 2. The van der Waals surface area contributed by atoms with Crippen molar-refractivity contribution in [1.82, 2.24) is 15.4 Å². The quantitative estimate of drug-likeness (QED) is 0.609. The van der Waals surface area contributed by atoms with Gasteiger partial charge in [-0.1, -0.05) is 11.6 Å². The van der Waals surface area contributed by atoms with Gasteiger partial charge in [-0.3, -0.25) is 25.8 Å². The summed E-state index contributed by atoms with van der Waals surface area (Å²) in [7, 11) is 0. The summed E-state index contributed by atoms with van der Waals surface area (Å²) in [6.07, 6.45) is 4.25. The van der Waals surface area contributed by atoms with Crippen LogP contribution in [-0.4, -0.2) is 33.9 Å². The standard InChI is InChI=1S/C16H17ClN6O3/c17-12-6-4-11(5-7-12)16(24)21-20-14-13(23(25)26)15(19-10-18-14)22-8-2-1-3-9-22/h4-7,10H,1-3,8-9H2,(H,21,24)(H,18,19,20). The SMILES string of the molecule is O=C(NNc1ncnc(N2CCCCC2)c1[N+](=O)[O-])c1ccc(Cl)cc1. The number of hydrazine groups is 1. The molecule has 136 valence electrons. The largest absolute Gasteiger partial charge is 0.355 e. The summed E-state index contributed by atoms with van der Waals surface area (Å²) >= 11 is 5.79. The van der Waals surface area contributed by atoms with Crippen LogP contribution in [0.2, 0.25) is 5.02 Å². The van der Waals surface area contributed by atoms with E-state index in [-0.39, 0.29) is 17.3 Å². The Balaban J connectivity index is 1.79. The van der Waals surface area contributed by atoms with Crippen LogP contribution in [0.4, 0.5) is 17.3 Å². The predicted octanol–water partition coefficient (Wildman–Crippen LogP) is 2.79. The molecule has 1 aromatic heterocycles. The van der Waals surface area contributed by atoms with Crippen LogP contribution in [0.5, 0.6) is 0 Å². The van der Waals surface area contributed by atoms with Crippen molar-refractivity contribution in [2.75, 3.05) is 23.4 Å². The van der Waals surface area contributed by atoms with Crippen LogP contribution in [-0.2, 0) is 0 Å². The van der Waals surface area contributed by atoms with Crippen LogP contribution in [0.25, 0.3) is 0 Å². The minimum absolute atomic E-state index is 0.0621. The molecule has 1 saturated heterocycles. The minimum Gasteiger partial charge on any atom is -0.351 e. The van der Waals surface area contributed by atoms with Crippen molar-refractivity contribution in [2.24, 2.45) is 0 Å². The zero-order valence-corrected chi connectivity index (χ0v) is 14.6. The number of nitro groups is 1. The fourth-order valence-corrected chi connectivity index (χ4v) is 2.88. The third kappa shape index (κ3) is 3.99.